The molecular weight excluding hydrogens is 278 g/mol. The van der Waals surface area contributed by atoms with Crippen LogP contribution in [0.3, 0.4) is 0 Å². The van der Waals surface area contributed by atoms with E-state index in [0.29, 0.717) is 6.61 Å². The van der Waals surface area contributed by atoms with E-state index < -0.39 is 0 Å². The van der Waals surface area contributed by atoms with Gasteiger partial charge in [0.25, 0.3) is 0 Å². The second-order valence-corrected chi connectivity index (χ2v) is 4.82. The van der Waals surface area contributed by atoms with E-state index >= 15 is 0 Å². The SMILES string of the molecule is C#CCOc1ccccc1CNCc1cccs1.Cl. The summed E-state index contributed by atoms with van der Waals surface area (Å²) in [5.74, 6) is 3.34. The van der Waals surface area contributed by atoms with Crippen LogP contribution < -0.4 is 10.1 Å². The molecule has 0 saturated heterocycles. The minimum absolute atomic E-state index is 0. The van der Waals surface area contributed by atoms with Crippen molar-refractivity contribution in [3.63, 3.8) is 0 Å². The van der Waals surface area contributed by atoms with Crippen LogP contribution in [0, 0.1) is 12.3 Å². The molecule has 0 spiro atoms. The first-order valence-corrected chi connectivity index (χ1v) is 6.65. The smallest absolute Gasteiger partial charge is 0.148 e. The van der Waals surface area contributed by atoms with Gasteiger partial charge in [-0.3, -0.25) is 0 Å². The van der Waals surface area contributed by atoms with Crippen molar-refractivity contribution < 1.29 is 4.74 Å². The van der Waals surface area contributed by atoms with Crippen LogP contribution in [0.25, 0.3) is 0 Å². The molecule has 0 bridgehead atoms. The Bertz CT molecular complexity index is 519. The number of terminal acetylenes is 1. The first-order chi connectivity index (χ1) is 8.90. The summed E-state index contributed by atoms with van der Waals surface area (Å²) in [7, 11) is 0. The van der Waals surface area contributed by atoms with E-state index in [1.165, 1.54) is 4.88 Å². The summed E-state index contributed by atoms with van der Waals surface area (Å²) in [6.45, 7) is 1.96. The van der Waals surface area contributed by atoms with Gasteiger partial charge < -0.3 is 10.1 Å². The van der Waals surface area contributed by atoms with E-state index in [1.54, 1.807) is 11.3 Å². The molecule has 0 aliphatic heterocycles. The van der Waals surface area contributed by atoms with Crippen molar-refractivity contribution in [1.29, 1.82) is 0 Å². The molecule has 2 rings (SSSR count). The van der Waals surface area contributed by atoms with E-state index in [2.05, 4.69) is 28.8 Å². The lowest BCUT2D eigenvalue weighted by Gasteiger charge is -2.10. The molecule has 1 N–H and O–H groups in total. The highest BCUT2D eigenvalue weighted by Crippen LogP contribution is 2.18. The summed E-state index contributed by atoms with van der Waals surface area (Å²) in [6, 6.07) is 12.1. The van der Waals surface area contributed by atoms with Crippen molar-refractivity contribution in [2.45, 2.75) is 13.1 Å². The van der Waals surface area contributed by atoms with E-state index in [0.717, 1.165) is 24.4 Å². The first kappa shape index (κ1) is 15.6. The number of para-hydroxylation sites is 1. The summed E-state index contributed by atoms with van der Waals surface area (Å²) in [6.07, 6.45) is 5.20. The Kier molecular flexibility index (Phi) is 7.06. The zero-order valence-electron chi connectivity index (χ0n) is 10.5. The number of hydrogen-bond donors (Lipinski definition) is 1. The molecule has 0 aliphatic rings. The van der Waals surface area contributed by atoms with Crippen LogP contribution in [0.1, 0.15) is 10.4 Å². The van der Waals surface area contributed by atoms with Crippen molar-refractivity contribution in [3.05, 3.63) is 52.2 Å². The first-order valence-electron chi connectivity index (χ1n) is 5.77. The number of nitrogens with one attached hydrogen (secondary N) is 1. The summed E-state index contributed by atoms with van der Waals surface area (Å²) in [4.78, 5) is 1.33. The third-order valence-corrected chi connectivity index (χ3v) is 3.35. The van der Waals surface area contributed by atoms with Gasteiger partial charge >= 0.3 is 0 Å². The summed E-state index contributed by atoms with van der Waals surface area (Å²) in [5, 5.41) is 5.48. The quantitative estimate of drug-likeness (QED) is 0.824. The maximum atomic E-state index is 5.50. The van der Waals surface area contributed by atoms with Gasteiger partial charge in [0.2, 0.25) is 0 Å². The number of halogens is 1. The summed E-state index contributed by atoms with van der Waals surface area (Å²) < 4.78 is 5.50. The molecule has 0 unspecified atom stereocenters. The molecule has 1 aromatic carbocycles. The predicted molar refractivity (Wildman–Crippen MR) is 82.9 cm³/mol. The molecule has 19 heavy (non-hydrogen) atoms. The molecule has 0 aliphatic carbocycles. The van der Waals surface area contributed by atoms with Gasteiger partial charge in [0, 0.05) is 23.5 Å². The molecule has 1 heterocycles. The molecular formula is C15H16ClNOS. The van der Waals surface area contributed by atoms with Gasteiger partial charge in [-0.25, -0.2) is 0 Å². The monoisotopic (exact) mass is 293 g/mol. The Hall–Kier alpha value is -1.47. The Labute approximate surface area is 124 Å². The van der Waals surface area contributed by atoms with E-state index in [1.807, 2.05) is 24.3 Å². The Morgan fingerprint density at radius 1 is 1.16 bits per heavy atom. The zero-order chi connectivity index (χ0) is 12.6. The van der Waals surface area contributed by atoms with Gasteiger partial charge in [-0.15, -0.1) is 30.2 Å². The van der Waals surface area contributed by atoms with Gasteiger partial charge in [0.15, 0.2) is 0 Å². The summed E-state index contributed by atoms with van der Waals surface area (Å²) in [5.41, 5.74) is 1.13. The number of hydrogen-bond acceptors (Lipinski definition) is 3. The molecule has 0 radical (unpaired) electrons. The van der Waals surface area contributed by atoms with Crippen molar-refractivity contribution in [3.8, 4) is 18.1 Å². The maximum absolute atomic E-state index is 5.50. The lowest BCUT2D eigenvalue weighted by molar-refractivity contribution is 0.365. The van der Waals surface area contributed by atoms with Crippen molar-refractivity contribution in [1.82, 2.24) is 5.32 Å². The Morgan fingerprint density at radius 2 is 2.00 bits per heavy atom. The third-order valence-electron chi connectivity index (χ3n) is 2.48. The molecule has 4 heteroatoms. The fraction of sp³-hybridized carbons (Fsp3) is 0.200. The Morgan fingerprint density at radius 3 is 2.74 bits per heavy atom. The molecule has 0 atom stereocenters. The fourth-order valence-corrected chi connectivity index (χ4v) is 2.32. The largest absolute Gasteiger partial charge is 0.481 e. The van der Waals surface area contributed by atoms with Gasteiger partial charge in [0.05, 0.1) is 0 Å². The molecule has 0 saturated carbocycles. The van der Waals surface area contributed by atoms with Crippen LogP contribution in [0.5, 0.6) is 5.75 Å². The highest BCUT2D eigenvalue weighted by Gasteiger charge is 2.02. The molecule has 2 aromatic rings. The number of benzene rings is 1. The molecule has 2 nitrogen and oxygen atoms in total. The standard InChI is InChI=1S/C15H15NOS.ClH/c1-2-9-17-15-8-4-3-6-13(15)11-16-12-14-7-5-10-18-14;/h1,3-8,10,16H,9,11-12H2;1H. The van der Waals surface area contributed by atoms with Crippen molar-refractivity contribution >= 4 is 23.7 Å². The van der Waals surface area contributed by atoms with Gasteiger partial charge in [0.1, 0.15) is 12.4 Å². The minimum Gasteiger partial charge on any atom is -0.481 e. The normalized spacial score (nSPS) is 9.42. The second-order valence-electron chi connectivity index (χ2n) is 3.78. The second kappa shape index (κ2) is 8.60. The van der Waals surface area contributed by atoms with Crippen LogP contribution >= 0.6 is 23.7 Å². The number of ether oxygens (including phenoxy) is 1. The van der Waals surface area contributed by atoms with Gasteiger partial charge in [-0.1, -0.05) is 30.2 Å². The van der Waals surface area contributed by atoms with E-state index in [9.17, 15) is 0 Å². The number of rotatable bonds is 6. The van der Waals surface area contributed by atoms with Crippen LogP contribution in [-0.2, 0) is 13.1 Å². The molecule has 100 valence electrons. The zero-order valence-corrected chi connectivity index (χ0v) is 12.1. The minimum atomic E-state index is 0. The third kappa shape index (κ3) is 4.96. The topological polar surface area (TPSA) is 21.3 Å². The maximum Gasteiger partial charge on any atom is 0.148 e. The highest BCUT2D eigenvalue weighted by molar-refractivity contribution is 7.09. The Balaban J connectivity index is 0.00000180. The predicted octanol–water partition coefficient (Wildman–Crippen LogP) is 3.47. The lowest BCUT2D eigenvalue weighted by atomic mass is 10.2. The van der Waals surface area contributed by atoms with Crippen LogP contribution in [0.2, 0.25) is 0 Å². The van der Waals surface area contributed by atoms with E-state index in [4.69, 9.17) is 11.2 Å². The summed E-state index contributed by atoms with van der Waals surface area (Å²) >= 11 is 1.76. The highest BCUT2D eigenvalue weighted by atomic mass is 35.5. The average molecular weight is 294 g/mol. The average Bonchev–Trinajstić information content (AvgIpc) is 2.91. The van der Waals surface area contributed by atoms with E-state index in [-0.39, 0.29) is 12.4 Å². The molecule has 1 aromatic heterocycles. The fourth-order valence-electron chi connectivity index (χ4n) is 1.64. The van der Waals surface area contributed by atoms with Crippen molar-refractivity contribution in [2.24, 2.45) is 0 Å². The van der Waals surface area contributed by atoms with Crippen LogP contribution in [0.4, 0.5) is 0 Å². The van der Waals surface area contributed by atoms with Gasteiger partial charge in [-0.2, -0.15) is 0 Å². The van der Waals surface area contributed by atoms with Crippen LogP contribution in [0.15, 0.2) is 41.8 Å². The molecule has 0 fully saturated rings. The lowest BCUT2D eigenvalue weighted by Crippen LogP contribution is -2.12. The van der Waals surface area contributed by atoms with Gasteiger partial charge in [-0.05, 0) is 17.5 Å². The van der Waals surface area contributed by atoms with Crippen molar-refractivity contribution in [2.75, 3.05) is 6.61 Å². The number of thiophene rings is 1. The van der Waals surface area contributed by atoms with Crippen LogP contribution in [-0.4, -0.2) is 6.61 Å². The molecule has 0 amide bonds.